The molecule has 0 spiro atoms. The Kier molecular flexibility index (Phi) is 5.55. The molecule has 3 aromatic rings. The van der Waals surface area contributed by atoms with Crippen molar-refractivity contribution in [1.82, 2.24) is 0 Å². The van der Waals surface area contributed by atoms with Gasteiger partial charge in [-0.1, -0.05) is 18.2 Å². The average Bonchev–Trinajstić information content (AvgIpc) is 3.12. The zero-order valence-corrected chi connectivity index (χ0v) is 16.9. The minimum absolute atomic E-state index is 0.0765. The Balaban J connectivity index is 1.54. The van der Waals surface area contributed by atoms with Crippen molar-refractivity contribution in [3.63, 3.8) is 0 Å². The van der Waals surface area contributed by atoms with Gasteiger partial charge in [-0.2, -0.15) is 0 Å². The molecule has 1 atom stereocenters. The van der Waals surface area contributed by atoms with Crippen LogP contribution in [-0.2, 0) is 4.79 Å². The molecule has 0 bridgehead atoms. The van der Waals surface area contributed by atoms with Gasteiger partial charge in [0.25, 0.3) is 5.91 Å². The minimum atomic E-state index is -0.405. The second-order valence-corrected chi connectivity index (χ2v) is 7.96. The lowest BCUT2D eigenvalue weighted by Gasteiger charge is -2.26. The molecule has 1 heterocycles. The number of carbonyl (C=O) groups excluding carboxylic acids is 2. The SMILES string of the molecule is Cc1c(F)cccc1N1C(=O)CSC1c1ccc(NC(=O)c2ccc(F)cc2)cc1. The van der Waals surface area contributed by atoms with Gasteiger partial charge in [-0.3, -0.25) is 14.5 Å². The second kappa shape index (κ2) is 8.28. The molecular weight excluding hydrogens is 406 g/mol. The maximum Gasteiger partial charge on any atom is 0.255 e. The zero-order valence-electron chi connectivity index (χ0n) is 16.1. The van der Waals surface area contributed by atoms with Crippen LogP contribution in [0.3, 0.4) is 0 Å². The first-order valence-corrected chi connectivity index (χ1v) is 10.3. The van der Waals surface area contributed by atoms with Crippen LogP contribution >= 0.6 is 11.8 Å². The Morgan fingerprint density at radius 1 is 1.03 bits per heavy atom. The van der Waals surface area contributed by atoms with E-state index in [0.717, 1.165) is 5.56 Å². The van der Waals surface area contributed by atoms with E-state index in [2.05, 4.69) is 5.32 Å². The highest BCUT2D eigenvalue weighted by molar-refractivity contribution is 8.00. The number of carbonyl (C=O) groups is 2. The number of anilines is 2. The molecule has 0 aliphatic carbocycles. The van der Waals surface area contributed by atoms with E-state index in [0.29, 0.717) is 28.3 Å². The molecule has 2 amide bonds. The molecular formula is C23H18F2N2O2S. The molecule has 1 unspecified atom stereocenters. The van der Waals surface area contributed by atoms with Gasteiger partial charge in [-0.25, -0.2) is 8.78 Å². The highest BCUT2D eigenvalue weighted by Gasteiger charge is 2.35. The van der Waals surface area contributed by atoms with Crippen LogP contribution in [0, 0.1) is 18.6 Å². The van der Waals surface area contributed by atoms with Crippen molar-refractivity contribution in [3.8, 4) is 0 Å². The minimum Gasteiger partial charge on any atom is -0.322 e. The molecule has 4 nitrogen and oxygen atoms in total. The van der Waals surface area contributed by atoms with Gasteiger partial charge >= 0.3 is 0 Å². The van der Waals surface area contributed by atoms with Gasteiger partial charge < -0.3 is 5.32 Å². The van der Waals surface area contributed by atoms with Crippen LogP contribution in [0.15, 0.2) is 66.7 Å². The number of hydrogen-bond donors (Lipinski definition) is 1. The van der Waals surface area contributed by atoms with Crippen LogP contribution in [-0.4, -0.2) is 17.6 Å². The van der Waals surface area contributed by atoms with E-state index in [9.17, 15) is 18.4 Å². The average molecular weight is 424 g/mol. The number of amides is 2. The fourth-order valence-electron chi connectivity index (χ4n) is 3.32. The fourth-order valence-corrected chi connectivity index (χ4v) is 4.49. The summed E-state index contributed by atoms with van der Waals surface area (Å²) in [7, 11) is 0. The number of halogens is 2. The summed E-state index contributed by atoms with van der Waals surface area (Å²) in [6, 6.07) is 17.2. The van der Waals surface area contributed by atoms with E-state index in [-0.39, 0.29) is 23.0 Å². The van der Waals surface area contributed by atoms with Crippen molar-refractivity contribution in [2.24, 2.45) is 0 Å². The van der Waals surface area contributed by atoms with Crippen molar-refractivity contribution in [2.75, 3.05) is 16.0 Å². The lowest BCUT2D eigenvalue weighted by molar-refractivity contribution is -0.115. The first-order valence-electron chi connectivity index (χ1n) is 9.29. The normalized spacial score (nSPS) is 16.0. The summed E-state index contributed by atoms with van der Waals surface area (Å²) in [4.78, 5) is 26.4. The summed E-state index contributed by atoms with van der Waals surface area (Å²) in [5.41, 5.74) is 2.79. The third kappa shape index (κ3) is 3.93. The summed E-state index contributed by atoms with van der Waals surface area (Å²) in [5.74, 6) is -0.867. The second-order valence-electron chi connectivity index (χ2n) is 6.89. The number of hydrogen-bond acceptors (Lipinski definition) is 3. The molecule has 0 saturated carbocycles. The predicted octanol–water partition coefficient (Wildman–Crippen LogP) is 5.30. The molecule has 3 aromatic carbocycles. The Labute approximate surface area is 176 Å². The van der Waals surface area contributed by atoms with Crippen LogP contribution in [0.2, 0.25) is 0 Å². The number of nitrogens with zero attached hydrogens (tertiary/aromatic N) is 1. The molecule has 1 saturated heterocycles. The summed E-state index contributed by atoms with van der Waals surface area (Å²) in [5, 5.41) is 2.49. The van der Waals surface area contributed by atoms with E-state index in [1.54, 1.807) is 36.1 Å². The van der Waals surface area contributed by atoms with E-state index in [4.69, 9.17) is 0 Å². The Morgan fingerprint density at radius 2 is 1.73 bits per heavy atom. The van der Waals surface area contributed by atoms with Gasteiger partial charge in [-0.05, 0) is 61.0 Å². The lowest BCUT2D eigenvalue weighted by Crippen LogP contribution is -2.28. The lowest BCUT2D eigenvalue weighted by atomic mass is 10.1. The maximum atomic E-state index is 14.0. The topological polar surface area (TPSA) is 49.4 Å². The van der Waals surface area contributed by atoms with Crippen LogP contribution in [0.5, 0.6) is 0 Å². The molecule has 1 fully saturated rings. The zero-order chi connectivity index (χ0) is 21.3. The van der Waals surface area contributed by atoms with Crippen LogP contribution in [0.25, 0.3) is 0 Å². The number of benzene rings is 3. The Bertz CT molecular complexity index is 1100. The number of nitrogens with one attached hydrogen (secondary N) is 1. The highest BCUT2D eigenvalue weighted by Crippen LogP contribution is 2.43. The van der Waals surface area contributed by atoms with Gasteiger partial charge in [0.1, 0.15) is 17.0 Å². The molecule has 4 rings (SSSR count). The quantitative estimate of drug-likeness (QED) is 0.618. The van der Waals surface area contributed by atoms with Gasteiger partial charge in [0.15, 0.2) is 0 Å². The van der Waals surface area contributed by atoms with E-state index in [1.165, 1.54) is 42.1 Å². The monoisotopic (exact) mass is 424 g/mol. The molecule has 0 radical (unpaired) electrons. The summed E-state index contributed by atoms with van der Waals surface area (Å²) < 4.78 is 27.0. The Morgan fingerprint density at radius 3 is 2.43 bits per heavy atom. The first-order chi connectivity index (χ1) is 14.4. The maximum absolute atomic E-state index is 14.0. The van der Waals surface area contributed by atoms with Gasteiger partial charge in [-0.15, -0.1) is 11.8 Å². The van der Waals surface area contributed by atoms with Crippen LogP contribution in [0.1, 0.15) is 26.9 Å². The molecule has 7 heteroatoms. The van der Waals surface area contributed by atoms with E-state index < -0.39 is 5.82 Å². The van der Waals surface area contributed by atoms with E-state index >= 15 is 0 Å². The third-order valence-electron chi connectivity index (χ3n) is 4.93. The molecule has 1 N–H and O–H groups in total. The largest absolute Gasteiger partial charge is 0.322 e. The van der Waals surface area contributed by atoms with Gasteiger partial charge in [0.05, 0.1) is 11.4 Å². The van der Waals surface area contributed by atoms with Crippen molar-refractivity contribution >= 4 is 35.0 Å². The smallest absolute Gasteiger partial charge is 0.255 e. The van der Waals surface area contributed by atoms with Gasteiger partial charge in [0, 0.05) is 16.8 Å². The summed E-state index contributed by atoms with van der Waals surface area (Å²) in [6.45, 7) is 1.66. The fraction of sp³-hybridized carbons (Fsp3) is 0.130. The highest BCUT2D eigenvalue weighted by atomic mass is 32.2. The van der Waals surface area contributed by atoms with Crippen molar-refractivity contribution in [2.45, 2.75) is 12.3 Å². The van der Waals surface area contributed by atoms with Crippen molar-refractivity contribution < 1.29 is 18.4 Å². The van der Waals surface area contributed by atoms with Crippen molar-refractivity contribution in [1.29, 1.82) is 0 Å². The number of thioether (sulfide) groups is 1. The predicted molar refractivity (Wildman–Crippen MR) is 115 cm³/mol. The van der Waals surface area contributed by atoms with Gasteiger partial charge in [0.2, 0.25) is 5.91 Å². The third-order valence-corrected chi connectivity index (χ3v) is 6.14. The molecule has 0 aromatic heterocycles. The standard InChI is InChI=1S/C23H18F2N2O2S/c1-14-19(25)3-2-4-20(14)27-21(28)13-30-23(27)16-7-11-18(12-8-16)26-22(29)15-5-9-17(24)10-6-15/h2-12,23H,13H2,1H3,(H,26,29). The molecule has 1 aliphatic heterocycles. The number of rotatable bonds is 4. The molecule has 30 heavy (non-hydrogen) atoms. The summed E-state index contributed by atoms with van der Waals surface area (Å²) in [6.07, 6.45) is 0. The summed E-state index contributed by atoms with van der Waals surface area (Å²) >= 11 is 1.47. The molecule has 152 valence electrons. The first kappa shape index (κ1) is 20.1. The molecule has 1 aliphatic rings. The van der Waals surface area contributed by atoms with E-state index in [1.807, 2.05) is 12.1 Å². The van der Waals surface area contributed by atoms with Crippen LogP contribution in [0.4, 0.5) is 20.2 Å². The van der Waals surface area contributed by atoms with Crippen LogP contribution < -0.4 is 10.2 Å². The Hall–Kier alpha value is -3.19. The van der Waals surface area contributed by atoms with Crippen molar-refractivity contribution in [3.05, 3.63) is 95.1 Å².